The molecule has 0 atom stereocenters. The predicted octanol–water partition coefficient (Wildman–Crippen LogP) is 2.92. The van der Waals surface area contributed by atoms with Gasteiger partial charge in [0, 0.05) is 55.9 Å². The average molecular weight is 478 g/mol. The van der Waals surface area contributed by atoms with Crippen LogP contribution in [0, 0.1) is 5.82 Å². The average Bonchev–Trinajstić information content (AvgIpc) is 3.25. The summed E-state index contributed by atoms with van der Waals surface area (Å²) in [5.74, 6) is -1.76. The lowest BCUT2D eigenvalue weighted by atomic mass is 10.0. The van der Waals surface area contributed by atoms with E-state index in [-0.39, 0.29) is 28.5 Å². The molecule has 1 amide bonds. The molecule has 2 N–H and O–H groups in total. The number of halogens is 1. The number of fused-ring (bicyclic) bond motifs is 2. The van der Waals surface area contributed by atoms with Crippen LogP contribution in [0.25, 0.3) is 33.2 Å². The number of aromatic nitrogens is 4. The molecule has 1 aliphatic heterocycles. The third-order valence-electron chi connectivity index (χ3n) is 6.75. The topological polar surface area (TPSA) is 99.4 Å². The Morgan fingerprint density at radius 2 is 1.94 bits per heavy atom. The van der Waals surface area contributed by atoms with Crippen molar-refractivity contribution in [1.29, 1.82) is 0 Å². The molecule has 1 fully saturated rings. The zero-order chi connectivity index (χ0) is 24.9. The van der Waals surface area contributed by atoms with Gasteiger partial charge in [-0.25, -0.2) is 14.4 Å². The van der Waals surface area contributed by atoms with Crippen LogP contribution in [0.15, 0.2) is 30.5 Å². The number of carbonyl (C=O) groups is 1. The third-order valence-corrected chi connectivity index (χ3v) is 6.75. The van der Waals surface area contributed by atoms with Crippen LogP contribution in [0.4, 0.5) is 10.1 Å². The molecule has 2 aromatic heterocycles. The number of nitrogens with one attached hydrogen (secondary N) is 1. The zero-order valence-corrected chi connectivity index (χ0v) is 20.2. The molecule has 1 aliphatic rings. The van der Waals surface area contributed by atoms with Crippen molar-refractivity contribution < 1.29 is 14.3 Å². The summed E-state index contributed by atoms with van der Waals surface area (Å²) in [6, 6.07) is 7.90. The van der Waals surface area contributed by atoms with Gasteiger partial charge >= 0.3 is 0 Å². The molecule has 0 spiro atoms. The lowest BCUT2D eigenvalue weighted by molar-refractivity contribution is 0.0960. The fourth-order valence-electron chi connectivity index (χ4n) is 4.77. The molecule has 3 heterocycles. The van der Waals surface area contributed by atoms with E-state index in [1.54, 1.807) is 19.3 Å². The number of phenols is 1. The van der Waals surface area contributed by atoms with Crippen molar-refractivity contribution >= 4 is 33.4 Å². The largest absolute Gasteiger partial charge is 0.504 e. The SMILES string of the molecule is CNC(=O)c1nc(-c2cc3cn(C)nc3c(F)c2O)nc2ccc(N3CCC(N(C)C)CC3)cc12. The van der Waals surface area contributed by atoms with Crippen molar-refractivity contribution in [3.05, 3.63) is 42.0 Å². The molecule has 2 aromatic carbocycles. The molecule has 182 valence electrons. The van der Waals surface area contributed by atoms with Crippen LogP contribution in [0.5, 0.6) is 5.75 Å². The van der Waals surface area contributed by atoms with Gasteiger partial charge in [-0.1, -0.05) is 0 Å². The Morgan fingerprint density at radius 1 is 1.20 bits per heavy atom. The van der Waals surface area contributed by atoms with Crippen LogP contribution in [0.3, 0.4) is 0 Å². The summed E-state index contributed by atoms with van der Waals surface area (Å²) in [7, 11) is 7.42. The predicted molar refractivity (Wildman–Crippen MR) is 133 cm³/mol. The van der Waals surface area contributed by atoms with Crippen LogP contribution in [0.2, 0.25) is 0 Å². The lowest BCUT2D eigenvalue weighted by Gasteiger charge is -2.36. The molecule has 0 unspecified atom stereocenters. The van der Waals surface area contributed by atoms with E-state index >= 15 is 0 Å². The van der Waals surface area contributed by atoms with Crippen LogP contribution in [-0.2, 0) is 7.05 Å². The van der Waals surface area contributed by atoms with E-state index in [0.717, 1.165) is 31.6 Å². The molecule has 0 radical (unpaired) electrons. The molecule has 5 rings (SSSR count). The lowest BCUT2D eigenvalue weighted by Crippen LogP contribution is -2.41. The second kappa shape index (κ2) is 8.77. The normalized spacial score (nSPS) is 14.9. The standard InChI is InChI=1S/C25H28FN7O2/c1-27-25(35)22-17-12-16(33-9-7-15(8-10-33)31(2)3)5-6-19(17)28-24(29-22)18-11-14-13-32(4)30-21(14)20(26)23(18)34/h5-6,11-13,15,34H,7-10H2,1-4H3,(H,27,35). The number of nitrogens with zero attached hydrogens (tertiary/aromatic N) is 6. The highest BCUT2D eigenvalue weighted by Crippen LogP contribution is 2.36. The number of hydrogen-bond acceptors (Lipinski definition) is 7. The molecule has 10 heteroatoms. The highest BCUT2D eigenvalue weighted by Gasteiger charge is 2.24. The Balaban J connectivity index is 1.61. The number of piperidine rings is 1. The zero-order valence-electron chi connectivity index (χ0n) is 20.2. The van der Waals surface area contributed by atoms with Crippen LogP contribution >= 0.6 is 0 Å². The van der Waals surface area contributed by atoms with Crippen molar-refractivity contribution in [2.75, 3.05) is 39.1 Å². The Bertz CT molecular complexity index is 1440. The first-order chi connectivity index (χ1) is 16.8. The Hall–Kier alpha value is -3.79. The monoisotopic (exact) mass is 477 g/mol. The summed E-state index contributed by atoms with van der Waals surface area (Å²) in [5.41, 5.74) is 1.87. The van der Waals surface area contributed by atoms with E-state index in [2.05, 4.69) is 44.3 Å². The molecule has 1 saturated heterocycles. The van der Waals surface area contributed by atoms with Crippen LogP contribution < -0.4 is 10.2 Å². The molecule has 0 saturated carbocycles. The van der Waals surface area contributed by atoms with Gasteiger partial charge in [-0.05, 0) is 51.2 Å². The minimum Gasteiger partial charge on any atom is -0.504 e. The fraction of sp³-hybridized carbons (Fsp3) is 0.360. The highest BCUT2D eigenvalue weighted by atomic mass is 19.1. The van der Waals surface area contributed by atoms with Crippen molar-refractivity contribution in [1.82, 2.24) is 30.0 Å². The number of amides is 1. The van der Waals surface area contributed by atoms with E-state index in [4.69, 9.17) is 0 Å². The molecule has 0 aliphatic carbocycles. The number of phenolic OH excluding ortho intramolecular Hbond substituents is 1. The number of benzene rings is 2. The second-order valence-electron chi connectivity index (χ2n) is 9.19. The van der Waals surface area contributed by atoms with E-state index in [1.165, 1.54) is 11.7 Å². The Kier molecular flexibility index (Phi) is 5.76. The van der Waals surface area contributed by atoms with Gasteiger partial charge in [0.15, 0.2) is 17.4 Å². The van der Waals surface area contributed by atoms with Crippen molar-refractivity contribution in [2.24, 2.45) is 7.05 Å². The number of aryl methyl sites for hydroxylation is 1. The maximum Gasteiger partial charge on any atom is 0.270 e. The number of hydrogen-bond donors (Lipinski definition) is 2. The first-order valence-electron chi connectivity index (χ1n) is 11.6. The second-order valence-corrected chi connectivity index (χ2v) is 9.19. The van der Waals surface area contributed by atoms with Crippen LogP contribution in [-0.4, -0.2) is 75.9 Å². The van der Waals surface area contributed by atoms with Gasteiger partial charge in [0.25, 0.3) is 5.91 Å². The van der Waals surface area contributed by atoms with E-state index in [0.29, 0.717) is 22.3 Å². The third kappa shape index (κ3) is 4.03. The summed E-state index contributed by atoms with van der Waals surface area (Å²) in [5, 5.41) is 18.4. The van der Waals surface area contributed by atoms with Crippen molar-refractivity contribution in [3.8, 4) is 17.1 Å². The maximum atomic E-state index is 14.9. The van der Waals surface area contributed by atoms with E-state index in [1.807, 2.05) is 18.2 Å². The van der Waals surface area contributed by atoms with E-state index in [9.17, 15) is 14.3 Å². The minimum absolute atomic E-state index is 0.0590. The quantitative estimate of drug-likeness (QED) is 0.466. The Morgan fingerprint density at radius 3 is 2.63 bits per heavy atom. The molecule has 0 bridgehead atoms. The summed E-state index contributed by atoms with van der Waals surface area (Å²) < 4.78 is 16.3. The van der Waals surface area contributed by atoms with Gasteiger partial charge in [-0.2, -0.15) is 5.10 Å². The van der Waals surface area contributed by atoms with Gasteiger partial charge in [0.2, 0.25) is 0 Å². The molecule has 35 heavy (non-hydrogen) atoms. The Labute approximate surface area is 202 Å². The van der Waals surface area contributed by atoms with Gasteiger partial charge < -0.3 is 20.2 Å². The number of rotatable bonds is 4. The van der Waals surface area contributed by atoms with Gasteiger partial charge in [0.05, 0.1) is 11.1 Å². The number of carbonyl (C=O) groups excluding carboxylic acids is 1. The molecule has 9 nitrogen and oxygen atoms in total. The minimum atomic E-state index is -0.847. The molecular weight excluding hydrogens is 449 g/mol. The van der Waals surface area contributed by atoms with E-state index < -0.39 is 11.6 Å². The first kappa shape index (κ1) is 23.0. The summed E-state index contributed by atoms with van der Waals surface area (Å²) in [6.45, 7) is 1.84. The molecular formula is C25H28FN7O2. The fourth-order valence-corrected chi connectivity index (χ4v) is 4.77. The number of anilines is 1. The van der Waals surface area contributed by atoms with Gasteiger partial charge in [-0.3, -0.25) is 9.48 Å². The van der Waals surface area contributed by atoms with Gasteiger partial charge in [-0.15, -0.1) is 0 Å². The smallest absolute Gasteiger partial charge is 0.270 e. The van der Waals surface area contributed by atoms with Crippen molar-refractivity contribution in [3.63, 3.8) is 0 Å². The molecule has 4 aromatic rings. The van der Waals surface area contributed by atoms with Crippen LogP contribution in [0.1, 0.15) is 23.3 Å². The van der Waals surface area contributed by atoms with Gasteiger partial charge in [0.1, 0.15) is 11.2 Å². The maximum absolute atomic E-state index is 14.9. The summed E-state index contributed by atoms with van der Waals surface area (Å²) in [4.78, 5) is 26.4. The summed E-state index contributed by atoms with van der Waals surface area (Å²) >= 11 is 0. The highest BCUT2D eigenvalue weighted by molar-refractivity contribution is 6.05. The van der Waals surface area contributed by atoms with Crippen molar-refractivity contribution in [2.45, 2.75) is 18.9 Å². The summed E-state index contributed by atoms with van der Waals surface area (Å²) in [6.07, 6.45) is 3.77. The number of aromatic hydroxyl groups is 1. The first-order valence-corrected chi connectivity index (χ1v) is 11.6.